The molecule has 0 bridgehead atoms. The molecule has 0 spiro atoms. The fourth-order valence-electron chi connectivity index (χ4n) is 1.31. The molecule has 0 amide bonds. The van der Waals surface area contributed by atoms with Crippen molar-refractivity contribution in [3.63, 3.8) is 0 Å². The van der Waals surface area contributed by atoms with Crippen LogP contribution in [0.5, 0.6) is 0 Å². The Hall–Kier alpha value is -2.68. The number of nitriles is 1. The van der Waals surface area contributed by atoms with Gasteiger partial charge in [-0.05, 0) is 18.2 Å². The van der Waals surface area contributed by atoms with E-state index in [2.05, 4.69) is 20.5 Å². The van der Waals surface area contributed by atoms with Gasteiger partial charge in [0.2, 0.25) is 0 Å². The van der Waals surface area contributed by atoms with Crippen molar-refractivity contribution in [2.75, 3.05) is 11.1 Å². The van der Waals surface area contributed by atoms with E-state index in [9.17, 15) is 0 Å². The average molecular weight is 226 g/mol. The minimum Gasteiger partial charge on any atom is -0.395 e. The highest BCUT2D eigenvalue weighted by Gasteiger charge is 2.05. The van der Waals surface area contributed by atoms with E-state index in [0.29, 0.717) is 23.6 Å². The standard InChI is InChI=1S/C11H10N6/c12-6-8-3-5-14-11(10(8)13)15-7-9-2-1-4-16-17-9/h1-5H,7,13H2,(H,14,15). The third-order valence-corrected chi connectivity index (χ3v) is 2.18. The highest BCUT2D eigenvalue weighted by molar-refractivity contribution is 5.68. The Kier molecular flexibility index (Phi) is 3.12. The number of nitrogen functional groups attached to an aromatic ring is 1. The lowest BCUT2D eigenvalue weighted by molar-refractivity contribution is 0.921. The molecule has 84 valence electrons. The number of hydrogen-bond donors (Lipinski definition) is 2. The second-order valence-corrected chi connectivity index (χ2v) is 3.30. The molecule has 6 heteroatoms. The lowest BCUT2D eigenvalue weighted by Crippen LogP contribution is -2.07. The predicted octanol–water partition coefficient (Wildman–Crippen LogP) is 0.938. The van der Waals surface area contributed by atoms with Crippen LogP contribution >= 0.6 is 0 Å². The van der Waals surface area contributed by atoms with Gasteiger partial charge in [-0.15, -0.1) is 0 Å². The van der Waals surface area contributed by atoms with Crippen molar-refractivity contribution in [3.8, 4) is 6.07 Å². The van der Waals surface area contributed by atoms with Gasteiger partial charge in [-0.25, -0.2) is 4.98 Å². The van der Waals surface area contributed by atoms with E-state index in [1.807, 2.05) is 12.1 Å². The highest BCUT2D eigenvalue weighted by Crippen LogP contribution is 2.19. The van der Waals surface area contributed by atoms with Crippen LogP contribution < -0.4 is 11.1 Å². The molecule has 0 radical (unpaired) electrons. The number of nitrogens with one attached hydrogen (secondary N) is 1. The van der Waals surface area contributed by atoms with Crippen LogP contribution in [0.15, 0.2) is 30.6 Å². The molecule has 6 nitrogen and oxygen atoms in total. The summed E-state index contributed by atoms with van der Waals surface area (Å²) in [7, 11) is 0. The van der Waals surface area contributed by atoms with E-state index in [1.165, 1.54) is 6.20 Å². The number of hydrogen-bond acceptors (Lipinski definition) is 6. The molecular weight excluding hydrogens is 216 g/mol. The van der Waals surface area contributed by atoms with E-state index in [-0.39, 0.29) is 0 Å². The topological polar surface area (TPSA) is 101 Å². The maximum Gasteiger partial charge on any atom is 0.150 e. The zero-order valence-corrected chi connectivity index (χ0v) is 8.96. The van der Waals surface area contributed by atoms with Gasteiger partial charge in [0.25, 0.3) is 0 Å². The van der Waals surface area contributed by atoms with Crippen LogP contribution in [-0.2, 0) is 6.54 Å². The molecular formula is C11H10N6. The van der Waals surface area contributed by atoms with E-state index < -0.39 is 0 Å². The second kappa shape index (κ2) is 4.90. The smallest absolute Gasteiger partial charge is 0.150 e. The van der Waals surface area contributed by atoms with Gasteiger partial charge in [0.1, 0.15) is 6.07 Å². The van der Waals surface area contributed by atoms with Crippen molar-refractivity contribution in [1.82, 2.24) is 15.2 Å². The SMILES string of the molecule is N#Cc1ccnc(NCc2cccnn2)c1N. The third-order valence-electron chi connectivity index (χ3n) is 2.18. The van der Waals surface area contributed by atoms with Crippen molar-refractivity contribution in [3.05, 3.63) is 41.9 Å². The zero-order valence-electron chi connectivity index (χ0n) is 8.96. The van der Waals surface area contributed by atoms with E-state index in [4.69, 9.17) is 11.0 Å². The van der Waals surface area contributed by atoms with Crippen LogP contribution in [0.3, 0.4) is 0 Å². The molecule has 0 unspecified atom stereocenters. The largest absolute Gasteiger partial charge is 0.395 e. The maximum atomic E-state index is 8.82. The molecule has 0 aromatic carbocycles. The number of nitrogens with two attached hydrogens (primary N) is 1. The molecule has 3 N–H and O–H groups in total. The first-order valence-electron chi connectivity index (χ1n) is 4.96. The molecule has 0 aliphatic rings. The summed E-state index contributed by atoms with van der Waals surface area (Å²) in [4.78, 5) is 4.07. The van der Waals surface area contributed by atoms with Crippen molar-refractivity contribution in [2.45, 2.75) is 6.54 Å². The van der Waals surface area contributed by atoms with Gasteiger partial charge in [0.15, 0.2) is 5.82 Å². The van der Waals surface area contributed by atoms with Crippen molar-refractivity contribution in [2.24, 2.45) is 0 Å². The first kappa shape index (κ1) is 10.8. The van der Waals surface area contributed by atoms with Crippen LogP contribution in [0, 0.1) is 11.3 Å². The first-order valence-corrected chi connectivity index (χ1v) is 4.96. The fraction of sp³-hybridized carbons (Fsp3) is 0.0909. The lowest BCUT2D eigenvalue weighted by Gasteiger charge is -2.07. The Morgan fingerprint density at radius 2 is 2.24 bits per heavy atom. The molecule has 0 fully saturated rings. The van der Waals surface area contributed by atoms with Crippen LogP contribution in [0.25, 0.3) is 0 Å². The third kappa shape index (κ3) is 2.46. The minimum atomic E-state index is 0.346. The molecule has 17 heavy (non-hydrogen) atoms. The Bertz CT molecular complexity index is 546. The summed E-state index contributed by atoms with van der Waals surface area (Å²) in [6.45, 7) is 0.458. The number of anilines is 2. The summed E-state index contributed by atoms with van der Waals surface area (Å²) in [6.07, 6.45) is 3.14. The first-order chi connectivity index (χ1) is 8.31. The van der Waals surface area contributed by atoms with E-state index >= 15 is 0 Å². The molecule has 0 aliphatic carbocycles. The molecule has 2 heterocycles. The van der Waals surface area contributed by atoms with Gasteiger partial charge in [0, 0.05) is 12.4 Å². The maximum absolute atomic E-state index is 8.82. The van der Waals surface area contributed by atoms with Gasteiger partial charge in [-0.1, -0.05) is 0 Å². The Morgan fingerprint density at radius 1 is 1.35 bits per heavy atom. The summed E-state index contributed by atoms with van der Waals surface area (Å²) in [5.41, 5.74) is 7.30. The van der Waals surface area contributed by atoms with Crippen molar-refractivity contribution in [1.29, 1.82) is 5.26 Å². The molecule has 0 aliphatic heterocycles. The monoisotopic (exact) mass is 226 g/mol. The number of pyridine rings is 1. The molecule has 2 rings (SSSR count). The van der Waals surface area contributed by atoms with Crippen LogP contribution in [-0.4, -0.2) is 15.2 Å². The molecule has 0 atom stereocenters. The molecule has 0 saturated carbocycles. The number of rotatable bonds is 3. The average Bonchev–Trinajstić information content (AvgIpc) is 2.39. The fourth-order valence-corrected chi connectivity index (χ4v) is 1.31. The summed E-state index contributed by atoms with van der Waals surface area (Å²) >= 11 is 0. The molecule has 0 saturated heterocycles. The Labute approximate surface area is 98.1 Å². The quantitative estimate of drug-likeness (QED) is 0.807. The summed E-state index contributed by atoms with van der Waals surface area (Å²) in [5.74, 6) is 0.481. The normalized spacial score (nSPS) is 9.59. The highest BCUT2D eigenvalue weighted by atomic mass is 15.1. The van der Waals surface area contributed by atoms with E-state index in [0.717, 1.165) is 5.69 Å². The van der Waals surface area contributed by atoms with Gasteiger partial charge in [-0.2, -0.15) is 15.5 Å². The minimum absolute atomic E-state index is 0.346. The molecule has 2 aromatic rings. The number of aromatic nitrogens is 3. The van der Waals surface area contributed by atoms with Gasteiger partial charge in [-0.3, -0.25) is 0 Å². The second-order valence-electron chi connectivity index (χ2n) is 3.30. The molecule has 2 aromatic heterocycles. The zero-order chi connectivity index (χ0) is 12.1. The summed E-state index contributed by atoms with van der Waals surface area (Å²) in [6, 6.07) is 7.21. The van der Waals surface area contributed by atoms with Crippen LogP contribution in [0.2, 0.25) is 0 Å². The summed E-state index contributed by atoms with van der Waals surface area (Å²) < 4.78 is 0. The van der Waals surface area contributed by atoms with Gasteiger partial charge >= 0.3 is 0 Å². The van der Waals surface area contributed by atoms with E-state index in [1.54, 1.807) is 18.3 Å². The Morgan fingerprint density at radius 3 is 2.94 bits per heavy atom. The predicted molar refractivity (Wildman–Crippen MR) is 62.7 cm³/mol. The van der Waals surface area contributed by atoms with Crippen molar-refractivity contribution >= 4 is 11.5 Å². The van der Waals surface area contributed by atoms with Crippen molar-refractivity contribution < 1.29 is 0 Å². The summed E-state index contributed by atoms with van der Waals surface area (Å²) in [5, 5.41) is 19.5. The van der Waals surface area contributed by atoms with Gasteiger partial charge in [0.05, 0.1) is 23.5 Å². The van der Waals surface area contributed by atoms with Crippen LogP contribution in [0.4, 0.5) is 11.5 Å². The Balaban J connectivity index is 2.13. The number of nitrogens with zero attached hydrogens (tertiary/aromatic N) is 4. The lowest BCUT2D eigenvalue weighted by atomic mass is 10.2. The van der Waals surface area contributed by atoms with Gasteiger partial charge < -0.3 is 11.1 Å². The van der Waals surface area contributed by atoms with Crippen LogP contribution in [0.1, 0.15) is 11.3 Å².